The van der Waals surface area contributed by atoms with Gasteiger partial charge in [0.05, 0.1) is 12.2 Å². The van der Waals surface area contributed by atoms with E-state index < -0.39 is 11.6 Å². The van der Waals surface area contributed by atoms with Crippen molar-refractivity contribution in [1.29, 1.82) is 0 Å². The molecule has 0 radical (unpaired) electrons. The largest absolute Gasteiger partial charge is 0.493 e. The summed E-state index contributed by atoms with van der Waals surface area (Å²) in [7, 11) is 0. The minimum Gasteiger partial charge on any atom is -0.493 e. The van der Waals surface area contributed by atoms with E-state index in [0.29, 0.717) is 13.0 Å². The first-order valence-electron chi connectivity index (χ1n) is 13.7. The van der Waals surface area contributed by atoms with Crippen LogP contribution in [0, 0.1) is 13.8 Å². The van der Waals surface area contributed by atoms with Gasteiger partial charge in [0.1, 0.15) is 5.75 Å². The first-order valence-corrected chi connectivity index (χ1v) is 13.7. The highest BCUT2D eigenvalue weighted by Crippen LogP contribution is 2.41. The Hall–Kier alpha value is -2.59. The number of carbonyl (C=O) groups is 1. The number of aliphatic hydroxyl groups is 1. The molecule has 1 saturated carbocycles. The van der Waals surface area contributed by atoms with Gasteiger partial charge < -0.3 is 14.9 Å². The number of ether oxygens (including phenoxy) is 1. The van der Waals surface area contributed by atoms with Gasteiger partial charge in [0.2, 0.25) is 0 Å². The maximum Gasteiger partial charge on any atom is 0.303 e. The maximum atomic E-state index is 10.9. The minimum absolute atomic E-state index is 0.0840. The predicted molar refractivity (Wildman–Crippen MR) is 148 cm³/mol. The standard InChI is InChI=1S/C32H44O4/c1-5-32(6-2,28-15-16-29(25(4)23-28)36-21-11-8-12-30(33)34)27-14-13-26(24(3)22-27)17-20-31(35)18-9-7-10-19-31/h13-17,20,22-23,35H,5-12,18-19,21H2,1-4H3,(H,33,34). The van der Waals surface area contributed by atoms with E-state index in [1.165, 1.54) is 28.7 Å². The Labute approximate surface area is 217 Å². The number of benzene rings is 2. The maximum absolute atomic E-state index is 10.9. The topological polar surface area (TPSA) is 66.8 Å². The summed E-state index contributed by atoms with van der Waals surface area (Å²) in [6.45, 7) is 9.29. The van der Waals surface area contributed by atoms with E-state index in [4.69, 9.17) is 9.84 Å². The smallest absolute Gasteiger partial charge is 0.303 e. The van der Waals surface area contributed by atoms with E-state index in [-0.39, 0.29) is 11.8 Å². The molecule has 2 N–H and O–H groups in total. The molecule has 1 fully saturated rings. The second-order valence-electron chi connectivity index (χ2n) is 10.5. The molecule has 4 heteroatoms. The average Bonchev–Trinajstić information content (AvgIpc) is 2.86. The summed E-state index contributed by atoms with van der Waals surface area (Å²) in [6, 6.07) is 13.3. The monoisotopic (exact) mass is 492 g/mol. The lowest BCUT2D eigenvalue weighted by Crippen LogP contribution is -2.28. The third kappa shape index (κ3) is 6.79. The molecule has 0 aliphatic heterocycles. The van der Waals surface area contributed by atoms with Crippen LogP contribution < -0.4 is 4.74 Å². The van der Waals surface area contributed by atoms with Crippen molar-refractivity contribution in [2.24, 2.45) is 0 Å². The van der Waals surface area contributed by atoms with Gasteiger partial charge in [-0.15, -0.1) is 0 Å². The highest BCUT2D eigenvalue weighted by molar-refractivity contribution is 5.66. The Morgan fingerprint density at radius 2 is 1.61 bits per heavy atom. The summed E-state index contributed by atoms with van der Waals surface area (Å²) in [5.74, 6) is 0.110. The lowest BCUT2D eigenvalue weighted by atomic mass is 9.70. The number of aliphatic carboxylic acids is 1. The first kappa shape index (κ1) is 28.0. The first-order chi connectivity index (χ1) is 17.2. The van der Waals surface area contributed by atoms with Crippen molar-refractivity contribution in [1.82, 2.24) is 0 Å². The highest BCUT2D eigenvalue weighted by Gasteiger charge is 2.31. The third-order valence-corrected chi connectivity index (χ3v) is 8.09. The normalized spacial score (nSPS) is 15.8. The van der Waals surface area contributed by atoms with Crippen LogP contribution in [0.15, 0.2) is 42.5 Å². The number of carboxylic acids is 1. The summed E-state index contributed by atoms with van der Waals surface area (Å²) >= 11 is 0. The zero-order chi connectivity index (χ0) is 26.2. The Balaban J connectivity index is 1.79. The molecule has 2 aromatic carbocycles. The second-order valence-corrected chi connectivity index (χ2v) is 10.5. The molecule has 2 aromatic rings. The molecule has 1 aliphatic carbocycles. The number of carboxylic acid groups (broad SMARTS) is 1. The molecule has 1 aliphatic rings. The molecule has 0 amide bonds. The van der Waals surface area contributed by atoms with Crippen LogP contribution in [0.5, 0.6) is 5.75 Å². The van der Waals surface area contributed by atoms with Crippen molar-refractivity contribution in [2.45, 2.75) is 103 Å². The summed E-state index contributed by atoms with van der Waals surface area (Å²) < 4.78 is 5.96. The van der Waals surface area contributed by atoms with Crippen LogP contribution in [0.1, 0.15) is 106 Å². The number of rotatable bonds is 12. The molecule has 0 aromatic heterocycles. The Morgan fingerprint density at radius 3 is 2.19 bits per heavy atom. The van der Waals surface area contributed by atoms with Crippen LogP contribution in [0.25, 0.3) is 6.08 Å². The van der Waals surface area contributed by atoms with E-state index in [1.807, 2.05) is 6.08 Å². The average molecular weight is 493 g/mol. The van der Waals surface area contributed by atoms with Crippen molar-refractivity contribution >= 4 is 12.0 Å². The number of aryl methyl sites for hydroxylation is 2. The molecule has 0 heterocycles. The summed E-state index contributed by atoms with van der Waals surface area (Å²) in [4.78, 5) is 10.7. The van der Waals surface area contributed by atoms with Crippen LogP contribution in [-0.2, 0) is 10.2 Å². The molecular formula is C32H44O4. The third-order valence-electron chi connectivity index (χ3n) is 8.09. The number of unbranched alkanes of at least 4 members (excludes halogenated alkanes) is 1. The minimum atomic E-state index is -0.758. The van der Waals surface area contributed by atoms with Crippen molar-refractivity contribution < 1.29 is 19.7 Å². The lowest BCUT2D eigenvalue weighted by molar-refractivity contribution is -0.137. The van der Waals surface area contributed by atoms with Crippen LogP contribution in [0.2, 0.25) is 0 Å². The molecule has 0 unspecified atom stereocenters. The highest BCUT2D eigenvalue weighted by atomic mass is 16.5. The van der Waals surface area contributed by atoms with E-state index in [0.717, 1.165) is 56.3 Å². The van der Waals surface area contributed by atoms with Gasteiger partial charge in [-0.3, -0.25) is 4.79 Å². The molecule has 0 saturated heterocycles. The van der Waals surface area contributed by atoms with Gasteiger partial charge in [0.15, 0.2) is 0 Å². The van der Waals surface area contributed by atoms with Gasteiger partial charge in [-0.1, -0.05) is 75.6 Å². The molecule has 3 rings (SSSR count). The van der Waals surface area contributed by atoms with Gasteiger partial charge in [0.25, 0.3) is 0 Å². The summed E-state index contributed by atoms with van der Waals surface area (Å²) in [5.41, 5.74) is 5.38. The van der Waals surface area contributed by atoms with Crippen LogP contribution >= 0.6 is 0 Å². The fourth-order valence-electron chi connectivity index (χ4n) is 5.64. The van der Waals surface area contributed by atoms with E-state index >= 15 is 0 Å². The molecule has 0 atom stereocenters. The van der Waals surface area contributed by atoms with Gasteiger partial charge in [-0.2, -0.15) is 0 Å². The Kier molecular flexibility index (Phi) is 9.78. The molecular weight excluding hydrogens is 448 g/mol. The fourth-order valence-corrected chi connectivity index (χ4v) is 5.64. The van der Waals surface area contributed by atoms with E-state index in [2.05, 4.69) is 70.2 Å². The van der Waals surface area contributed by atoms with E-state index in [9.17, 15) is 9.90 Å². The number of hydrogen-bond acceptors (Lipinski definition) is 3. The summed E-state index contributed by atoms with van der Waals surface area (Å²) in [5, 5.41) is 19.7. The van der Waals surface area contributed by atoms with Crippen molar-refractivity contribution in [3.63, 3.8) is 0 Å². The van der Waals surface area contributed by atoms with Gasteiger partial charge in [-0.05, 0) is 86.3 Å². The van der Waals surface area contributed by atoms with Crippen molar-refractivity contribution in [2.75, 3.05) is 6.61 Å². The van der Waals surface area contributed by atoms with Crippen molar-refractivity contribution in [3.8, 4) is 5.75 Å². The summed E-state index contributed by atoms with van der Waals surface area (Å²) in [6.07, 6.45) is 12.8. The van der Waals surface area contributed by atoms with Gasteiger partial charge in [-0.25, -0.2) is 0 Å². The molecule has 0 spiro atoms. The van der Waals surface area contributed by atoms with Crippen LogP contribution in [0.4, 0.5) is 0 Å². The molecule has 4 nitrogen and oxygen atoms in total. The fraction of sp³-hybridized carbons (Fsp3) is 0.531. The second kappa shape index (κ2) is 12.6. The Bertz CT molecular complexity index is 1040. The molecule has 36 heavy (non-hydrogen) atoms. The quantitative estimate of drug-likeness (QED) is 0.297. The van der Waals surface area contributed by atoms with Gasteiger partial charge >= 0.3 is 5.97 Å². The van der Waals surface area contributed by atoms with Crippen molar-refractivity contribution in [3.05, 3.63) is 70.3 Å². The zero-order valence-electron chi connectivity index (χ0n) is 22.6. The van der Waals surface area contributed by atoms with Crippen LogP contribution in [0.3, 0.4) is 0 Å². The van der Waals surface area contributed by atoms with E-state index in [1.54, 1.807) is 0 Å². The van der Waals surface area contributed by atoms with Gasteiger partial charge in [0, 0.05) is 11.8 Å². The Morgan fingerprint density at radius 1 is 0.972 bits per heavy atom. The lowest BCUT2D eigenvalue weighted by Gasteiger charge is -2.34. The molecule has 196 valence electrons. The van der Waals surface area contributed by atoms with Crippen LogP contribution in [-0.4, -0.2) is 28.4 Å². The molecule has 0 bridgehead atoms. The SMILES string of the molecule is CCC(CC)(c1ccc(C=CC2(O)CCCCC2)c(C)c1)c1ccc(OCCCCC(=O)O)c(C)c1. The predicted octanol–water partition coefficient (Wildman–Crippen LogP) is 7.75. The number of hydrogen-bond donors (Lipinski definition) is 2. The zero-order valence-corrected chi connectivity index (χ0v) is 22.6.